The fraction of sp³-hybridized carbons (Fsp3) is 0.125. The van der Waals surface area contributed by atoms with Crippen LogP contribution in [0.5, 0.6) is 11.5 Å². The van der Waals surface area contributed by atoms with Crippen LogP contribution in [0.1, 0.15) is 11.7 Å². The highest BCUT2D eigenvalue weighted by atomic mass is 16.3. The van der Waals surface area contributed by atoms with Gasteiger partial charge in [-0.25, -0.2) is 0 Å². The predicted octanol–water partition coefficient (Wildman–Crippen LogP) is 0.330. The molecular formula is C8H8O4. The predicted molar refractivity (Wildman–Crippen MR) is 40.8 cm³/mol. The van der Waals surface area contributed by atoms with Crippen molar-refractivity contribution in [2.75, 3.05) is 0 Å². The van der Waals surface area contributed by atoms with E-state index in [1.807, 2.05) is 0 Å². The van der Waals surface area contributed by atoms with Gasteiger partial charge in [0, 0.05) is 6.07 Å². The summed E-state index contributed by atoms with van der Waals surface area (Å²) in [6, 6.07) is 3.53. The molecule has 1 unspecified atom stereocenters. The SMILES string of the molecule is O=CC(O)c1cc(O)cc(O)c1. The van der Waals surface area contributed by atoms with Gasteiger partial charge in [-0.2, -0.15) is 0 Å². The number of hydrogen-bond acceptors (Lipinski definition) is 4. The molecule has 4 nitrogen and oxygen atoms in total. The molecule has 1 aromatic carbocycles. The van der Waals surface area contributed by atoms with Crippen LogP contribution in [0.3, 0.4) is 0 Å². The van der Waals surface area contributed by atoms with E-state index in [0.29, 0.717) is 6.29 Å². The van der Waals surface area contributed by atoms with E-state index in [9.17, 15) is 4.79 Å². The lowest BCUT2D eigenvalue weighted by molar-refractivity contribution is -0.115. The van der Waals surface area contributed by atoms with E-state index >= 15 is 0 Å². The van der Waals surface area contributed by atoms with Crippen LogP contribution in [0.25, 0.3) is 0 Å². The lowest BCUT2D eigenvalue weighted by Gasteiger charge is -2.04. The summed E-state index contributed by atoms with van der Waals surface area (Å²) in [5.41, 5.74) is 0.169. The molecule has 1 aromatic rings. The van der Waals surface area contributed by atoms with Gasteiger partial charge in [-0.3, -0.25) is 0 Å². The normalized spacial score (nSPS) is 12.4. The van der Waals surface area contributed by atoms with Crippen molar-refractivity contribution in [2.45, 2.75) is 6.10 Å². The molecule has 0 bridgehead atoms. The third-order valence-electron chi connectivity index (χ3n) is 1.40. The summed E-state index contributed by atoms with van der Waals surface area (Å²) >= 11 is 0. The first-order valence-electron chi connectivity index (χ1n) is 3.30. The second-order valence-corrected chi connectivity index (χ2v) is 2.36. The summed E-state index contributed by atoms with van der Waals surface area (Å²) < 4.78 is 0. The zero-order valence-corrected chi connectivity index (χ0v) is 6.14. The number of carbonyl (C=O) groups is 1. The van der Waals surface area contributed by atoms with E-state index in [0.717, 1.165) is 6.07 Å². The monoisotopic (exact) mass is 168 g/mol. The summed E-state index contributed by atoms with van der Waals surface area (Å²) in [6.45, 7) is 0. The lowest BCUT2D eigenvalue weighted by atomic mass is 10.1. The standard InChI is InChI=1S/C8H8O4/c9-4-8(12)5-1-6(10)3-7(11)2-5/h1-4,8,10-12H. The molecule has 0 saturated heterocycles. The smallest absolute Gasteiger partial charge is 0.153 e. The van der Waals surface area contributed by atoms with Crippen LogP contribution in [-0.2, 0) is 4.79 Å². The Morgan fingerprint density at radius 2 is 1.67 bits per heavy atom. The minimum absolute atomic E-state index is 0.169. The Morgan fingerprint density at radius 3 is 2.08 bits per heavy atom. The number of aldehydes is 1. The summed E-state index contributed by atoms with van der Waals surface area (Å²) in [5, 5.41) is 26.9. The first kappa shape index (κ1) is 8.55. The van der Waals surface area contributed by atoms with Gasteiger partial charge < -0.3 is 20.1 Å². The Balaban J connectivity index is 3.08. The van der Waals surface area contributed by atoms with Gasteiger partial charge in [0.05, 0.1) is 0 Å². The van der Waals surface area contributed by atoms with Gasteiger partial charge >= 0.3 is 0 Å². The zero-order chi connectivity index (χ0) is 9.14. The molecule has 12 heavy (non-hydrogen) atoms. The maximum absolute atomic E-state index is 10.1. The Morgan fingerprint density at radius 1 is 1.17 bits per heavy atom. The second kappa shape index (κ2) is 3.23. The van der Waals surface area contributed by atoms with Gasteiger partial charge in [-0.1, -0.05) is 0 Å². The van der Waals surface area contributed by atoms with E-state index in [1.54, 1.807) is 0 Å². The van der Waals surface area contributed by atoms with Crippen LogP contribution in [-0.4, -0.2) is 21.6 Å². The summed E-state index contributed by atoms with van der Waals surface area (Å²) in [6.07, 6.45) is -0.989. The minimum Gasteiger partial charge on any atom is -0.508 e. The van der Waals surface area contributed by atoms with Crippen molar-refractivity contribution >= 4 is 6.29 Å². The highest BCUT2D eigenvalue weighted by molar-refractivity contribution is 5.60. The number of benzene rings is 1. The number of rotatable bonds is 2. The molecule has 4 heteroatoms. The zero-order valence-electron chi connectivity index (χ0n) is 6.14. The topological polar surface area (TPSA) is 77.8 Å². The molecule has 0 radical (unpaired) electrons. The summed E-state index contributed by atoms with van der Waals surface area (Å²) in [5.74, 6) is -0.378. The summed E-state index contributed by atoms with van der Waals surface area (Å²) in [4.78, 5) is 10.1. The number of phenols is 2. The van der Waals surface area contributed by atoms with Crippen molar-refractivity contribution in [1.29, 1.82) is 0 Å². The molecule has 0 aromatic heterocycles. The van der Waals surface area contributed by atoms with E-state index in [2.05, 4.69) is 0 Å². The maximum Gasteiger partial charge on any atom is 0.153 e. The molecule has 0 aliphatic rings. The van der Waals surface area contributed by atoms with E-state index in [1.165, 1.54) is 12.1 Å². The Labute approximate surface area is 68.7 Å². The largest absolute Gasteiger partial charge is 0.508 e. The molecule has 0 spiro atoms. The van der Waals surface area contributed by atoms with Gasteiger partial charge in [0.15, 0.2) is 6.29 Å². The third-order valence-corrected chi connectivity index (χ3v) is 1.40. The van der Waals surface area contributed by atoms with Crippen molar-refractivity contribution in [3.8, 4) is 11.5 Å². The van der Waals surface area contributed by atoms with Crippen molar-refractivity contribution in [3.05, 3.63) is 23.8 Å². The van der Waals surface area contributed by atoms with Crippen LogP contribution in [0, 0.1) is 0 Å². The fourth-order valence-electron chi connectivity index (χ4n) is 0.867. The lowest BCUT2D eigenvalue weighted by Crippen LogP contribution is -1.97. The molecule has 0 aliphatic heterocycles. The quantitative estimate of drug-likeness (QED) is 0.556. The average molecular weight is 168 g/mol. The highest BCUT2D eigenvalue weighted by Crippen LogP contribution is 2.23. The highest BCUT2D eigenvalue weighted by Gasteiger charge is 2.07. The number of aliphatic hydroxyl groups excluding tert-OH is 1. The molecule has 64 valence electrons. The average Bonchev–Trinajstić information content (AvgIpc) is 2.01. The van der Waals surface area contributed by atoms with Crippen molar-refractivity contribution < 1.29 is 20.1 Å². The van der Waals surface area contributed by atoms with Crippen molar-refractivity contribution in [3.63, 3.8) is 0 Å². The number of aromatic hydroxyl groups is 2. The van der Waals surface area contributed by atoms with Crippen molar-refractivity contribution in [2.24, 2.45) is 0 Å². The van der Waals surface area contributed by atoms with E-state index < -0.39 is 6.10 Å². The summed E-state index contributed by atoms with van der Waals surface area (Å²) in [7, 11) is 0. The molecule has 0 saturated carbocycles. The number of phenolic OH excluding ortho intramolecular Hbond substituents is 2. The number of aliphatic hydroxyl groups is 1. The molecule has 1 atom stereocenters. The van der Waals surface area contributed by atoms with Crippen LogP contribution >= 0.6 is 0 Å². The van der Waals surface area contributed by atoms with Gasteiger partial charge in [0.2, 0.25) is 0 Å². The Kier molecular flexibility index (Phi) is 2.30. The minimum atomic E-state index is -1.30. The fourth-order valence-corrected chi connectivity index (χ4v) is 0.867. The molecule has 0 heterocycles. The van der Waals surface area contributed by atoms with Crippen LogP contribution < -0.4 is 0 Å². The van der Waals surface area contributed by atoms with Gasteiger partial charge in [-0.15, -0.1) is 0 Å². The van der Waals surface area contributed by atoms with E-state index in [-0.39, 0.29) is 17.1 Å². The van der Waals surface area contributed by atoms with Crippen LogP contribution in [0.2, 0.25) is 0 Å². The van der Waals surface area contributed by atoms with Gasteiger partial charge in [0.25, 0.3) is 0 Å². The van der Waals surface area contributed by atoms with Crippen LogP contribution in [0.15, 0.2) is 18.2 Å². The molecule has 3 N–H and O–H groups in total. The first-order chi connectivity index (χ1) is 5.63. The number of carbonyl (C=O) groups excluding carboxylic acids is 1. The molecule has 0 aliphatic carbocycles. The Hall–Kier alpha value is -1.55. The number of hydrogen-bond donors (Lipinski definition) is 3. The molecule has 0 amide bonds. The van der Waals surface area contributed by atoms with Gasteiger partial charge in [-0.05, 0) is 17.7 Å². The Bertz CT molecular complexity index is 275. The van der Waals surface area contributed by atoms with E-state index in [4.69, 9.17) is 15.3 Å². The van der Waals surface area contributed by atoms with Crippen LogP contribution in [0.4, 0.5) is 0 Å². The van der Waals surface area contributed by atoms with Gasteiger partial charge in [0.1, 0.15) is 17.6 Å². The molecule has 0 fully saturated rings. The third kappa shape index (κ3) is 1.73. The molecular weight excluding hydrogens is 160 g/mol. The molecule has 1 rings (SSSR count). The van der Waals surface area contributed by atoms with Crippen molar-refractivity contribution in [1.82, 2.24) is 0 Å². The first-order valence-corrected chi connectivity index (χ1v) is 3.30. The maximum atomic E-state index is 10.1. The second-order valence-electron chi connectivity index (χ2n) is 2.36.